The number of rotatable bonds is 2. The molecular formula is C7H16OS2. The highest BCUT2D eigenvalue weighted by atomic mass is 32.3. The summed E-state index contributed by atoms with van der Waals surface area (Å²) in [6.45, 7) is 0.986. The Morgan fingerprint density at radius 2 is 2.30 bits per heavy atom. The Bertz CT molecular complexity index is 94.3. The maximum atomic E-state index is 5.74. The minimum absolute atomic E-state index is 0.667. The fourth-order valence-corrected chi connectivity index (χ4v) is 4.50. The minimum atomic E-state index is -0.667. The van der Waals surface area contributed by atoms with Crippen LogP contribution in [0.5, 0.6) is 0 Å². The van der Waals surface area contributed by atoms with E-state index in [0.29, 0.717) is 0 Å². The molecule has 0 aromatic heterocycles. The average Bonchev–Trinajstić information content (AvgIpc) is 1.89. The van der Waals surface area contributed by atoms with Crippen molar-refractivity contribution in [1.29, 1.82) is 0 Å². The van der Waals surface area contributed by atoms with Crippen molar-refractivity contribution in [3.05, 3.63) is 0 Å². The molecule has 1 rings (SSSR count). The Balaban J connectivity index is 2.32. The maximum absolute atomic E-state index is 5.74. The Labute approximate surface area is 70.5 Å². The number of hydrogen-bond acceptors (Lipinski definition) is 2. The van der Waals surface area contributed by atoms with E-state index in [0.717, 1.165) is 12.4 Å². The average molecular weight is 180 g/mol. The Morgan fingerprint density at radius 3 is 2.80 bits per heavy atom. The Kier molecular flexibility index (Phi) is 3.40. The molecule has 10 heavy (non-hydrogen) atoms. The van der Waals surface area contributed by atoms with Gasteiger partial charge in [-0.15, -0.1) is 10.3 Å². The fourth-order valence-electron chi connectivity index (χ4n) is 1.18. The molecule has 0 saturated carbocycles. The summed E-state index contributed by atoms with van der Waals surface area (Å²) >= 11 is 4.23. The highest BCUT2D eigenvalue weighted by Gasteiger charge is 2.20. The van der Waals surface area contributed by atoms with E-state index in [1.807, 2.05) is 0 Å². The molecule has 1 unspecified atom stereocenters. The summed E-state index contributed by atoms with van der Waals surface area (Å²) in [6.07, 6.45) is 4.90. The molecule has 1 aliphatic rings. The second-order valence-electron chi connectivity index (χ2n) is 2.84. The maximum Gasteiger partial charge on any atom is 0.0592 e. The van der Waals surface area contributed by atoms with Gasteiger partial charge in [0.2, 0.25) is 0 Å². The number of thiol groups is 1. The third-order valence-corrected chi connectivity index (χ3v) is 5.34. The van der Waals surface area contributed by atoms with E-state index in [1.165, 1.54) is 24.3 Å². The molecule has 1 fully saturated rings. The van der Waals surface area contributed by atoms with E-state index in [4.69, 9.17) is 4.18 Å². The van der Waals surface area contributed by atoms with Crippen molar-refractivity contribution in [1.82, 2.24) is 0 Å². The number of hydrogen-bond donors (Lipinski definition) is 1. The van der Waals surface area contributed by atoms with E-state index >= 15 is 0 Å². The van der Waals surface area contributed by atoms with E-state index < -0.39 is 10.3 Å². The van der Waals surface area contributed by atoms with E-state index in [-0.39, 0.29) is 0 Å². The molecule has 62 valence electrons. The zero-order valence-electron chi connectivity index (χ0n) is 6.51. The van der Waals surface area contributed by atoms with Crippen molar-refractivity contribution in [2.24, 2.45) is 0 Å². The van der Waals surface area contributed by atoms with Gasteiger partial charge in [-0.3, -0.25) is 0 Å². The van der Waals surface area contributed by atoms with Gasteiger partial charge in [0.05, 0.1) is 6.61 Å². The first-order valence-electron chi connectivity index (χ1n) is 3.76. The van der Waals surface area contributed by atoms with Crippen LogP contribution in [0.15, 0.2) is 0 Å². The molecule has 1 saturated heterocycles. The highest BCUT2D eigenvalue weighted by Crippen LogP contribution is 2.48. The fraction of sp³-hybridized carbons (Fsp3) is 1.00. The smallest absolute Gasteiger partial charge is 0.0592 e. The van der Waals surface area contributed by atoms with Gasteiger partial charge in [-0.05, 0) is 30.6 Å². The standard InChI is InChI=1S/C7H16OS2/c1-10(7-5-9)6-3-2-4-8-10/h9H,2-7H2,1H3. The van der Waals surface area contributed by atoms with Crippen LogP contribution >= 0.6 is 22.9 Å². The monoisotopic (exact) mass is 180 g/mol. The van der Waals surface area contributed by atoms with Crippen LogP contribution in [0.25, 0.3) is 0 Å². The third-order valence-electron chi connectivity index (χ3n) is 1.86. The van der Waals surface area contributed by atoms with Crippen LogP contribution in [-0.2, 0) is 4.18 Å². The lowest BCUT2D eigenvalue weighted by atomic mass is 10.4. The minimum Gasteiger partial charge on any atom is -0.337 e. The summed E-state index contributed by atoms with van der Waals surface area (Å²) in [7, 11) is -0.667. The van der Waals surface area contributed by atoms with Gasteiger partial charge in [-0.25, -0.2) is 0 Å². The van der Waals surface area contributed by atoms with Gasteiger partial charge < -0.3 is 4.18 Å². The largest absolute Gasteiger partial charge is 0.337 e. The van der Waals surface area contributed by atoms with Crippen LogP contribution in [0.2, 0.25) is 0 Å². The van der Waals surface area contributed by atoms with E-state index in [9.17, 15) is 0 Å². The summed E-state index contributed by atoms with van der Waals surface area (Å²) in [5.74, 6) is 3.45. The zero-order chi connectivity index (χ0) is 7.45. The predicted octanol–water partition coefficient (Wildman–Crippen LogP) is 2.08. The van der Waals surface area contributed by atoms with Crippen molar-refractivity contribution in [3.63, 3.8) is 0 Å². The molecule has 1 aliphatic heterocycles. The topological polar surface area (TPSA) is 9.23 Å². The molecule has 0 aromatic carbocycles. The normalized spacial score (nSPS) is 40.6. The lowest BCUT2D eigenvalue weighted by Gasteiger charge is -2.38. The zero-order valence-corrected chi connectivity index (χ0v) is 8.22. The molecule has 0 aromatic rings. The Morgan fingerprint density at radius 1 is 1.50 bits per heavy atom. The molecule has 1 nitrogen and oxygen atoms in total. The van der Waals surface area contributed by atoms with Gasteiger partial charge in [0.25, 0.3) is 0 Å². The van der Waals surface area contributed by atoms with Crippen LogP contribution in [-0.4, -0.2) is 30.1 Å². The molecule has 0 aliphatic carbocycles. The van der Waals surface area contributed by atoms with Crippen LogP contribution < -0.4 is 0 Å². The first-order valence-corrected chi connectivity index (χ1v) is 6.69. The first kappa shape index (κ1) is 8.75. The quantitative estimate of drug-likeness (QED) is 0.640. The van der Waals surface area contributed by atoms with Gasteiger partial charge in [0, 0.05) is 5.75 Å². The molecule has 1 atom stereocenters. The molecule has 0 bridgehead atoms. The molecule has 3 heteroatoms. The molecule has 0 amide bonds. The molecule has 0 radical (unpaired) electrons. The van der Waals surface area contributed by atoms with Gasteiger partial charge in [-0.1, -0.05) is 0 Å². The lowest BCUT2D eigenvalue weighted by Crippen LogP contribution is -2.18. The van der Waals surface area contributed by atoms with E-state index in [1.54, 1.807) is 0 Å². The van der Waals surface area contributed by atoms with Gasteiger partial charge in [0.15, 0.2) is 0 Å². The molecular weight excluding hydrogens is 164 g/mol. The van der Waals surface area contributed by atoms with Crippen molar-refractivity contribution in [2.45, 2.75) is 12.8 Å². The van der Waals surface area contributed by atoms with Crippen LogP contribution in [0.4, 0.5) is 0 Å². The Hall–Kier alpha value is 0.660. The van der Waals surface area contributed by atoms with Crippen molar-refractivity contribution >= 4 is 22.9 Å². The molecule has 0 N–H and O–H groups in total. The van der Waals surface area contributed by atoms with Gasteiger partial charge >= 0.3 is 0 Å². The predicted molar refractivity (Wildman–Crippen MR) is 52.3 cm³/mol. The second-order valence-corrected chi connectivity index (χ2v) is 6.71. The molecule has 1 heterocycles. The SMILES string of the molecule is CS1(CCS)CCCCO1. The van der Waals surface area contributed by atoms with Crippen LogP contribution in [0.3, 0.4) is 0 Å². The van der Waals surface area contributed by atoms with E-state index in [2.05, 4.69) is 18.9 Å². The summed E-state index contributed by atoms with van der Waals surface area (Å²) in [6, 6.07) is 0. The van der Waals surface area contributed by atoms with Gasteiger partial charge in [0.1, 0.15) is 0 Å². The summed E-state index contributed by atoms with van der Waals surface area (Å²) in [5, 5.41) is 0. The summed E-state index contributed by atoms with van der Waals surface area (Å²) in [5.41, 5.74) is 0. The van der Waals surface area contributed by atoms with Crippen molar-refractivity contribution in [3.8, 4) is 0 Å². The van der Waals surface area contributed by atoms with Crippen LogP contribution in [0, 0.1) is 0 Å². The van der Waals surface area contributed by atoms with Crippen LogP contribution in [0.1, 0.15) is 12.8 Å². The first-order chi connectivity index (χ1) is 4.77. The lowest BCUT2D eigenvalue weighted by molar-refractivity contribution is 0.329. The highest BCUT2D eigenvalue weighted by molar-refractivity contribution is 8.29. The molecule has 0 spiro atoms. The summed E-state index contributed by atoms with van der Waals surface area (Å²) in [4.78, 5) is 0. The van der Waals surface area contributed by atoms with Crippen molar-refractivity contribution in [2.75, 3.05) is 30.1 Å². The second kappa shape index (κ2) is 3.88. The summed E-state index contributed by atoms with van der Waals surface area (Å²) < 4.78 is 5.74. The third kappa shape index (κ3) is 2.36. The van der Waals surface area contributed by atoms with Gasteiger partial charge in [-0.2, -0.15) is 12.6 Å². The van der Waals surface area contributed by atoms with Crippen molar-refractivity contribution < 1.29 is 4.18 Å².